The van der Waals surface area contributed by atoms with Gasteiger partial charge in [-0.3, -0.25) is 4.79 Å². The Bertz CT molecular complexity index is 378. The zero-order chi connectivity index (χ0) is 12.1. The molecule has 2 rings (SSSR count). The molecule has 0 aliphatic carbocycles. The molecule has 1 saturated heterocycles. The summed E-state index contributed by atoms with van der Waals surface area (Å²) in [6.45, 7) is 2.88. The van der Waals surface area contributed by atoms with Crippen molar-refractivity contribution in [2.45, 2.75) is 45.1 Å². The smallest absolute Gasteiger partial charge is 0.162 e. The lowest BCUT2D eigenvalue weighted by molar-refractivity contribution is 0.0104. The fraction of sp³-hybridized carbons (Fsp3) is 0.533. The molecule has 1 fully saturated rings. The lowest BCUT2D eigenvalue weighted by Crippen LogP contribution is -2.20. The molecule has 1 unspecified atom stereocenters. The van der Waals surface area contributed by atoms with Gasteiger partial charge >= 0.3 is 0 Å². The van der Waals surface area contributed by atoms with Gasteiger partial charge in [-0.25, -0.2) is 0 Å². The first-order chi connectivity index (χ1) is 8.25. The maximum atomic E-state index is 12.0. The third-order valence-corrected chi connectivity index (χ3v) is 3.31. The molecule has 0 radical (unpaired) electrons. The molecule has 2 nitrogen and oxygen atoms in total. The van der Waals surface area contributed by atoms with Crippen LogP contribution in [0.15, 0.2) is 24.3 Å². The second-order valence-corrected chi connectivity index (χ2v) is 4.82. The van der Waals surface area contributed by atoms with Gasteiger partial charge < -0.3 is 4.74 Å². The Kier molecular flexibility index (Phi) is 4.32. The molecule has 0 spiro atoms. The van der Waals surface area contributed by atoms with Gasteiger partial charge in [0.25, 0.3) is 0 Å². The summed E-state index contributed by atoms with van der Waals surface area (Å²) >= 11 is 0. The summed E-state index contributed by atoms with van der Waals surface area (Å²) in [5, 5.41) is 0. The Hall–Kier alpha value is -1.15. The van der Waals surface area contributed by atoms with Crippen molar-refractivity contribution in [2.24, 2.45) is 0 Å². The fourth-order valence-electron chi connectivity index (χ4n) is 2.29. The van der Waals surface area contributed by atoms with Gasteiger partial charge in [0.2, 0.25) is 0 Å². The number of benzene rings is 1. The maximum Gasteiger partial charge on any atom is 0.162 e. The van der Waals surface area contributed by atoms with E-state index in [-0.39, 0.29) is 5.78 Å². The van der Waals surface area contributed by atoms with Gasteiger partial charge in [-0.05, 0) is 38.7 Å². The van der Waals surface area contributed by atoms with Crippen molar-refractivity contribution in [3.8, 4) is 0 Å². The molecular weight excluding hydrogens is 212 g/mol. The topological polar surface area (TPSA) is 26.3 Å². The van der Waals surface area contributed by atoms with Crippen molar-refractivity contribution >= 4 is 5.78 Å². The molecule has 0 N–H and O–H groups in total. The molecule has 1 aliphatic heterocycles. The van der Waals surface area contributed by atoms with E-state index in [9.17, 15) is 4.79 Å². The fourth-order valence-corrected chi connectivity index (χ4v) is 2.29. The van der Waals surface area contributed by atoms with Gasteiger partial charge in [-0.15, -0.1) is 0 Å². The lowest BCUT2D eigenvalue weighted by atomic mass is 9.99. The Morgan fingerprint density at radius 3 is 3.00 bits per heavy atom. The molecule has 0 bridgehead atoms. The first kappa shape index (κ1) is 12.3. The summed E-state index contributed by atoms with van der Waals surface area (Å²) in [4.78, 5) is 12.0. The summed E-state index contributed by atoms with van der Waals surface area (Å²) in [6, 6.07) is 7.82. The molecule has 2 heteroatoms. The largest absolute Gasteiger partial charge is 0.378 e. The average molecular weight is 232 g/mol. The van der Waals surface area contributed by atoms with Crippen molar-refractivity contribution in [1.82, 2.24) is 0 Å². The number of carbonyl (C=O) groups is 1. The normalized spacial score (nSPS) is 20.2. The Labute approximate surface area is 103 Å². The van der Waals surface area contributed by atoms with E-state index in [0.29, 0.717) is 12.5 Å². The highest BCUT2D eigenvalue weighted by Crippen LogP contribution is 2.18. The summed E-state index contributed by atoms with van der Waals surface area (Å²) in [6.07, 6.45) is 5.30. The number of hydrogen-bond donors (Lipinski definition) is 0. The third kappa shape index (κ3) is 3.67. The van der Waals surface area contributed by atoms with Crippen LogP contribution in [0.2, 0.25) is 0 Å². The van der Waals surface area contributed by atoms with Crippen LogP contribution in [-0.2, 0) is 4.74 Å². The molecule has 1 atom stereocenters. The van der Waals surface area contributed by atoms with E-state index in [0.717, 1.165) is 30.6 Å². The SMILES string of the molecule is Cc1cccc(C(=O)CCC2CCCCO2)c1. The number of rotatable bonds is 4. The molecular formula is C15H20O2. The van der Waals surface area contributed by atoms with Gasteiger partial charge in [-0.1, -0.05) is 23.8 Å². The molecule has 1 heterocycles. The predicted molar refractivity (Wildman–Crippen MR) is 68.3 cm³/mol. The highest BCUT2D eigenvalue weighted by atomic mass is 16.5. The minimum Gasteiger partial charge on any atom is -0.378 e. The zero-order valence-electron chi connectivity index (χ0n) is 10.4. The van der Waals surface area contributed by atoms with Crippen molar-refractivity contribution in [2.75, 3.05) is 6.61 Å². The maximum absolute atomic E-state index is 12.0. The quantitative estimate of drug-likeness (QED) is 0.742. The second kappa shape index (κ2) is 5.97. The third-order valence-electron chi connectivity index (χ3n) is 3.31. The van der Waals surface area contributed by atoms with E-state index in [1.807, 2.05) is 31.2 Å². The molecule has 0 amide bonds. The zero-order valence-corrected chi connectivity index (χ0v) is 10.4. The van der Waals surface area contributed by atoms with Crippen LogP contribution in [0, 0.1) is 6.92 Å². The number of hydrogen-bond acceptors (Lipinski definition) is 2. The standard InChI is InChI=1S/C15H20O2/c1-12-5-4-6-13(11-12)15(16)9-8-14-7-2-3-10-17-14/h4-6,11,14H,2-3,7-10H2,1H3. The van der Waals surface area contributed by atoms with Crippen LogP contribution < -0.4 is 0 Å². The molecule has 0 aromatic heterocycles. The van der Waals surface area contributed by atoms with E-state index in [1.165, 1.54) is 12.8 Å². The van der Waals surface area contributed by atoms with Crippen LogP contribution in [0.5, 0.6) is 0 Å². The molecule has 0 saturated carbocycles. The van der Waals surface area contributed by atoms with Crippen LogP contribution in [0.3, 0.4) is 0 Å². The first-order valence-electron chi connectivity index (χ1n) is 6.47. The average Bonchev–Trinajstić information content (AvgIpc) is 2.37. The summed E-state index contributed by atoms with van der Waals surface area (Å²) < 4.78 is 5.64. The van der Waals surface area contributed by atoms with E-state index in [2.05, 4.69) is 0 Å². The minimum atomic E-state index is 0.239. The van der Waals surface area contributed by atoms with E-state index >= 15 is 0 Å². The molecule has 1 aromatic carbocycles. The van der Waals surface area contributed by atoms with Crippen molar-refractivity contribution in [3.63, 3.8) is 0 Å². The lowest BCUT2D eigenvalue weighted by Gasteiger charge is -2.22. The molecule has 17 heavy (non-hydrogen) atoms. The predicted octanol–water partition coefficient (Wildman–Crippen LogP) is 3.53. The van der Waals surface area contributed by atoms with Crippen molar-refractivity contribution < 1.29 is 9.53 Å². The first-order valence-corrected chi connectivity index (χ1v) is 6.47. The summed E-state index contributed by atoms with van der Waals surface area (Å²) in [7, 11) is 0. The molecule has 92 valence electrons. The van der Waals surface area contributed by atoms with Gasteiger partial charge in [0, 0.05) is 18.6 Å². The number of ether oxygens (including phenoxy) is 1. The summed E-state index contributed by atoms with van der Waals surface area (Å²) in [5.41, 5.74) is 1.98. The van der Waals surface area contributed by atoms with Crippen molar-refractivity contribution in [3.05, 3.63) is 35.4 Å². The van der Waals surface area contributed by atoms with E-state index in [4.69, 9.17) is 4.74 Å². The number of aryl methyl sites for hydroxylation is 1. The number of ketones is 1. The monoisotopic (exact) mass is 232 g/mol. The van der Waals surface area contributed by atoms with E-state index in [1.54, 1.807) is 0 Å². The van der Waals surface area contributed by atoms with Crippen LogP contribution in [-0.4, -0.2) is 18.5 Å². The van der Waals surface area contributed by atoms with Gasteiger partial charge in [0.1, 0.15) is 0 Å². The van der Waals surface area contributed by atoms with Crippen LogP contribution >= 0.6 is 0 Å². The Morgan fingerprint density at radius 2 is 2.29 bits per heavy atom. The van der Waals surface area contributed by atoms with Crippen LogP contribution in [0.1, 0.15) is 48.0 Å². The van der Waals surface area contributed by atoms with Crippen molar-refractivity contribution in [1.29, 1.82) is 0 Å². The molecule has 1 aromatic rings. The minimum absolute atomic E-state index is 0.239. The van der Waals surface area contributed by atoms with Crippen LogP contribution in [0.4, 0.5) is 0 Å². The van der Waals surface area contributed by atoms with Gasteiger partial charge in [-0.2, -0.15) is 0 Å². The highest BCUT2D eigenvalue weighted by Gasteiger charge is 2.15. The second-order valence-electron chi connectivity index (χ2n) is 4.82. The summed E-state index contributed by atoms with van der Waals surface area (Å²) in [5.74, 6) is 0.239. The number of carbonyl (C=O) groups excluding carboxylic acids is 1. The van der Waals surface area contributed by atoms with Crippen LogP contribution in [0.25, 0.3) is 0 Å². The molecule has 1 aliphatic rings. The highest BCUT2D eigenvalue weighted by molar-refractivity contribution is 5.96. The van der Waals surface area contributed by atoms with Gasteiger partial charge in [0.05, 0.1) is 6.10 Å². The Morgan fingerprint density at radius 1 is 1.41 bits per heavy atom. The Balaban J connectivity index is 1.84. The van der Waals surface area contributed by atoms with Gasteiger partial charge in [0.15, 0.2) is 5.78 Å². The van der Waals surface area contributed by atoms with E-state index < -0.39 is 0 Å². The number of Topliss-reactive ketones (excluding diaryl/α,β-unsaturated/α-hetero) is 1.